The molecule has 2 aromatic rings. The highest BCUT2D eigenvalue weighted by Gasteiger charge is 2.38. The monoisotopic (exact) mass is 472 g/mol. The van der Waals surface area contributed by atoms with Crippen LogP contribution in [0.1, 0.15) is 40.9 Å². The molecule has 174 valence electrons. The Balaban J connectivity index is 1.40. The summed E-state index contributed by atoms with van der Waals surface area (Å²) in [6, 6.07) is 4.79. The van der Waals surface area contributed by atoms with Gasteiger partial charge in [0.05, 0.1) is 30.2 Å². The van der Waals surface area contributed by atoms with Gasteiger partial charge in [0.1, 0.15) is 5.71 Å². The van der Waals surface area contributed by atoms with Crippen LogP contribution in [0.15, 0.2) is 23.3 Å². The number of hydrazone groups is 1. The Bertz CT molecular complexity index is 1310. The first-order chi connectivity index (χ1) is 15.8. The summed E-state index contributed by atoms with van der Waals surface area (Å²) in [5.41, 5.74) is 3.57. The molecule has 4 heterocycles. The van der Waals surface area contributed by atoms with Crippen LogP contribution in [0.4, 0.5) is 0 Å². The third kappa shape index (κ3) is 3.90. The van der Waals surface area contributed by atoms with Crippen molar-refractivity contribution in [2.45, 2.75) is 38.3 Å². The normalized spacial score (nSPS) is 22.3. The van der Waals surface area contributed by atoms with Gasteiger partial charge in [-0.2, -0.15) is 5.10 Å². The van der Waals surface area contributed by atoms with E-state index in [1.54, 1.807) is 17.0 Å². The van der Waals surface area contributed by atoms with Crippen LogP contribution in [0.25, 0.3) is 10.9 Å². The van der Waals surface area contributed by atoms with Crippen LogP contribution in [-0.4, -0.2) is 78.0 Å². The maximum Gasteiger partial charge on any atom is 0.337 e. The number of aromatic nitrogens is 1. The van der Waals surface area contributed by atoms with Gasteiger partial charge in [-0.05, 0) is 24.6 Å². The number of fused-ring (bicyclic) bond motifs is 3. The minimum Gasteiger partial charge on any atom is -0.465 e. The number of hydrogen-bond acceptors (Lipinski definition) is 7. The second-order valence-electron chi connectivity index (χ2n) is 8.65. The van der Waals surface area contributed by atoms with Crippen molar-refractivity contribution in [3.8, 4) is 0 Å². The number of aromatic amines is 1. The van der Waals surface area contributed by atoms with E-state index in [1.165, 1.54) is 12.1 Å². The number of amides is 2. The molecule has 3 aliphatic rings. The average molecular weight is 473 g/mol. The molecule has 3 aliphatic heterocycles. The molecule has 0 radical (unpaired) electrons. The SMILES string of the molecule is COC(=O)c1ccc2[nH]c3c(c2c1)CN(C(=O)C1=NN(C2CCS(=O)(=O)C2)C(=O)CC1)CC3. The van der Waals surface area contributed by atoms with E-state index in [1.807, 2.05) is 6.07 Å². The fourth-order valence-corrected chi connectivity index (χ4v) is 6.49. The molecule has 2 amide bonds. The van der Waals surface area contributed by atoms with Crippen molar-refractivity contribution in [2.75, 3.05) is 25.2 Å². The lowest BCUT2D eigenvalue weighted by molar-refractivity contribution is -0.134. The lowest BCUT2D eigenvalue weighted by Crippen LogP contribution is -2.46. The first-order valence-corrected chi connectivity index (χ1v) is 12.7. The van der Waals surface area contributed by atoms with Crippen LogP contribution in [0.2, 0.25) is 0 Å². The highest BCUT2D eigenvalue weighted by molar-refractivity contribution is 7.91. The molecule has 1 aromatic carbocycles. The van der Waals surface area contributed by atoms with Gasteiger partial charge >= 0.3 is 5.97 Å². The van der Waals surface area contributed by atoms with Gasteiger partial charge in [0, 0.05) is 54.5 Å². The summed E-state index contributed by atoms with van der Waals surface area (Å²) < 4.78 is 28.5. The van der Waals surface area contributed by atoms with Gasteiger partial charge in [0.25, 0.3) is 5.91 Å². The Hall–Kier alpha value is -3.21. The molecule has 1 fully saturated rings. The zero-order valence-corrected chi connectivity index (χ0v) is 19.0. The summed E-state index contributed by atoms with van der Waals surface area (Å²) in [7, 11) is -1.85. The van der Waals surface area contributed by atoms with Gasteiger partial charge in [-0.1, -0.05) is 0 Å². The van der Waals surface area contributed by atoms with Gasteiger partial charge in [-0.15, -0.1) is 0 Å². The molecule has 0 spiro atoms. The summed E-state index contributed by atoms with van der Waals surface area (Å²) in [5, 5.41) is 6.39. The van der Waals surface area contributed by atoms with Gasteiger partial charge in [0.2, 0.25) is 5.91 Å². The first-order valence-electron chi connectivity index (χ1n) is 10.9. The third-order valence-corrected chi connectivity index (χ3v) is 8.29. The number of methoxy groups -OCH3 is 1. The Kier molecular flexibility index (Phi) is 5.23. The Morgan fingerprint density at radius 1 is 1.21 bits per heavy atom. The van der Waals surface area contributed by atoms with Crippen LogP contribution in [0.5, 0.6) is 0 Å². The lowest BCUT2D eigenvalue weighted by Gasteiger charge is -2.31. The molecule has 0 aliphatic carbocycles. The molecule has 1 aromatic heterocycles. The van der Waals surface area contributed by atoms with E-state index in [-0.39, 0.29) is 41.9 Å². The number of benzene rings is 1. The van der Waals surface area contributed by atoms with Gasteiger partial charge in [-0.25, -0.2) is 18.2 Å². The van der Waals surface area contributed by atoms with Crippen molar-refractivity contribution in [3.63, 3.8) is 0 Å². The van der Waals surface area contributed by atoms with E-state index in [2.05, 4.69) is 10.1 Å². The summed E-state index contributed by atoms with van der Waals surface area (Å²) in [5.74, 6) is -1.01. The molecule has 0 saturated carbocycles. The number of esters is 1. The summed E-state index contributed by atoms with van der Waals surface area (Å²) >= 11 is 0. The molecule has 1 atom stereocenters. The van der Waals surface area contributed by atoms with E-state index >= 15 is 0 Å². The molecular formula is C22H24N4O6S. The van der Waals surface area contributed by atoms with Crippen LogP contribution in [0, 0.1) is 0 Å². The first kappa shape index (κ1) is 21.6. The number of ether oxygens (including phenoxy) is 1. The minimum absolute atomic E-state index is 0.0310. The van der Waals surface area contributed by atoms with E-state index < -0.39 is 21.8 Å². The number of carbonyl (C=O) groups excluding carboxylic acids is 3. The lowest BCUT2D eigenvalue weighted by atomic mass is 10.0. The second kappa shape index (κ2) is 7.98. The molecule has 5 rings (SSSR count). The van der Waals surface area contributed by atoms with Crippen molar-refractivity contribution in [1.82, 2.24) is 14.9 Å². The molecule has 1 saturated heterocycles. The van der Waals surface area contributed by atoms with E-state index in [4.69, 9.17) is 4.74 Å². The number of sulfone groups is 1. The Morgan fingerprint density at radius 2 is 2.03 bits per heavy atom. The predicted molar refractivity (Wildman–Crippen MR) is 119 cm³/mol. The van der Waals surface area contributed by atoms with E-state index in [0.717, 1.165) is 22.2 Å². The zero-order chi connectivity index (χ0) is 23.3. The predicted octanol–water partition coefficient (Wildman–Crippen LogP) is 1.00. The molecule has 10 nitrogen and oxygen atoms in total. The fourth-order valence-electron chi connectivity index (χ4n) is 4.79. The van der Waals surface area contributed by atoms with Crippen LogP contribution < -0.4 is 0 Å². The molecule has 0 bridgehead atoms. The van der Waals surface area contributed by atoms with E-state index in [9.17, 15) is 22.8 Å². The summed E-state index contributed by atoms with van der Waals surface area (Å²) in [4.78, 5) is 42.7. The topological polar surface area (TPSA) is 129 Å². The molecule has 33 heavy (non-hydrogen) atoms. The molecule has 1 N–H and O–H groups in total. The molecule has 11 heteroatoms. The number of nitrogens with one attached hydrogen (secondary N) is 1. The second-order valence-corrected chi connectivity index (χ2v) is 10.9. The Labute approximate surface area is 190 Å². The van der Waals surface area contributed by atoms with Crippen molar-refractivity contribution in [1.29, 1.82) is 0 Å². The maximum atomic E-state index is 13.3. The number of H-pyrrole nitrogens is 1. The van der Waals surface area contributed by atoms with Crippen molar-refractivity contribution in [2.24, 2.45) is 5.10 Å². The summed E-state index contributed by atoms with van der Waals surface area (Å²) in [6.45, 7) is 0.844. The number of carbonyl (C=O) groups is 3. The van der Waals surface area contributed by atoms with Gasteiger partial charge in [-0.3, -0.25) is 9.59 Å². The van der Waals surface area contributed by atoms with Gasteiger partial charge in [0.15, 0.2) is 9.84 Å². The average Bonchev–Trinajstić information content (AvgIpc) is 3.36. The quantitative estimate of drug-likeness (QED) is 0.664. The number of nitrogens with zero attached hydrogens (tertiary/aromatic N) is 3. The highest BCUT2D eigenvalue weighted by Crippen LogP contribution is 2.30. The third-order valence-electron chi connectivity index (χ3n) is 6.54. The molecular weight excluding hydrogens is 448 g/mol. The highest BCUT2D eigenvalue weighted by atomic mass is 32.2. The standard InChI is InChI=1S/C22H24N4O6S/c1-32-22(29)13-2-3-17-15(10-13)16-11-25(8-6-18(16)23-17)21(28)19-4-5-20(27)26(24-19)14-7-9-33(30,31)12-14/h2-3,10,14,23H,4-9,11-12H2,1H3. The maximum absolute atomic E-state index is 13.3. The van der Waals surface area contributed by atoms with Gasteiger partial charge < -0.3 is 14.6 Å². The minimum atomic E-state index is -3.18. The zero-order valence-electron chi connectivity index (χ0n) is 18.2. The summed E-state index contributed by atoms with van der Waals surface area (Å²) in [6.07, 6.45) is 1.33. The Morgan fingerprint density at radius 3 is 2.76 bits per heavy atom. The van der Waals surface area contributed by atoms with Crippen LogP contribution in [-0.2, 0) is 37.1 Å². The smallest absolute Gasteiger partial charge is 0.337 e. The fraction of sp³-hybridized carbons (Fsp3) is 0.455. The number of rotatable bonds is 3. The number of hydrogen-bond donors (Lipinski definition) is 1. The largest absolute Gasteiger partial charge is 0.465 e. The van der Waals surface area contributed by atoms with E-state index in [0.29, 0.717) is 31.5 Å². The van der Waals surface area contributed by atoms with Crippen LogP contribution in [0.3, 0.4) is 0 Å². The van der Waals surface area contributed by atoms with Crippen LogP contribution >= 0.6 is 0 Å². The van der Waals surface area contributed by atoms with Crippen molar-refractivity contribution in [3.05, 3.63) is 35.0 Å². The van der Waals surface area contributed by atoms with Crippen molar-refractivity contribution < 1.29 is 27.5 Å². The van der Waals surface area contributed by atoms with Crippen molar-refractivity contribution >= 4 is 44.2 Å². The molecule has 1 unspecified atom stereocenters.